The second-order valence-corrected chi connectivity index (χ2v) is 7.77. The summed E-state index contributed by atoms with van der Waals surface area (Å²) < 4.78 is 17.0. The molecular formula is C28H22N2O5. The number of furan rings is 1. The van der Waals surface area contributed by atoms with Crippen molar-refractivity contribution in [2.45, 2.75) is 0 Å². The maximum Gasteiger partial charge on any atom is 0.341 e. The molecule has 0 fully saturated rings. The number of carboxylic acids is 1. The fourth-order valence-corrected chi connectivity index (χ4v) is 3.91. The average Bonchev–Trinajstić information content (AvgIpc) is 3.29. The molecular weight excluding hydrogens is 444 g/mol. The number of hydrogen-bond acceptors (Lipinski definition) is 6. The number of pyridine rings is 1. The second-order valence-electron chi connectivity index (χ2n) is 7.77. The quantitative estimate of drug-likeness (QED) is 0.274. The van der Waals surface area contributed by atoms with E-state index in [4.69, 9.17) is 19.0 Å². The van der Waals surface area contributed by atoms with E-state index < -0.39 is 12.6 Å². The van der Waals surface area contributed by atoms with Crippen molar-refractivity contribution in [3.05, 3.63) is 91.1 Å². The number of carboxylic acid groups (broad SMARTS) is 1. The Balaban J connectivity index is 1.64. The molecule has 2 N–H and O–H groups in total. The minimum absolute atomic E-state index is 0.416. The third-order valence-electron chi connectivity index (χ3n) is 5.48. The fraction of sp³-hybridized carbons (Fsp3) is 0.0714. The highest BCUT2D eigenvalue weighted by Crippen LogP contribution is 2.44. The van der Waals surface area contributed by atoms with E-state index in [2.05, 4.69) is 10.3 Å². The van der Waals surface area contributed by atoms with Gasteiger partial charge in [-0.15, -0.1) is 0 Å². The standard InChI is InChI=1S/C28H22N2O5/c1-33-21-12-10-18(11-13-21)25-26-23(35-27(25)19-6-3-2-4-7-19)14-15-29-28(26)30-20-8-5-9-22(16-20)34-17-24(31)32/h2-16H,17H2,1H3,(H,29,30)(H,31,32). The summed E-state index contributed by atoms with van der Waals surface area (Å²) in [5.74, 6) is 1.51. The fourth-order valence-electron chi connectivity index (χ4n) is 3.91. The number of methoxy groups -OCH3 is 1. The Labute approximate surface area is 201 Å². The maximum atomic E-state index is 10.9. The maximum absolute atomic E-state index is 10.9. The zero-order chi connectivity index (χ0) is 24.2. The molecule has 35 heavy (non-hydrogen) atoms. The third-order valence-corrected chi connectivity index (χ3v) is 5.48. The zero-order valence-corrected chi connectivity index (χ0v) is 18.9. The molecule has 0 bridgehead atoms. The van der Waals surface area contributed by atoms with Crippen LogP contribution in [0.1, 0.15) is 0 Å². The van der Waals surface area contributed by atoms with Crippen molar-refractivity contribution >= 4 is 28.4 Å². The average molecular weight is 466 g/mol. The van der Waals surface area contributed by atoms with Crippen LogP contribution in [0.2, 0.25) is 0 Å². The molecule has 3 aromatic carbocycles. The van der Waals surface area contributed by atoms with Gasteiger partial charge in [0.05, 0.1) is 12.5 Å². The van der Waals surface area contributed by atoms with Gasteiger partial charge in [-0.1, -0.05) is 48.5 Å². The summed E-state index contributed by atoms with van der Waals surface area (Å²) >= 11 is 0. The smallest absolute Gasteiger partial charge is 0.341 e. The number of nitrogens with zero attached hydrogens (tertiary/aromatic N) is 1. The van der Waals surface area contributed by atoms with Crippen molar-refractivity contribution in [2.24, 2.45) is 0 Å². The number of rotatable bonds is 8. The van der Waals surface area contributed by atoms with Crippen LogP contribution in [0.15, 0.2) is 95.5 Å². The molecule has 5 aromatic rings. The molecule has 2 aromatic heterocycles. The van der Waals surface area contributed by atoms with E-state index >= 15 is 0 Å². The van der Waals surface area contributed by atoms with Gasteiger partial charge >= 0.3 is 5.97 Å². The molecule has 0 amide bonds. The molecule has 5 rings (SSSR count). The first-order chi connectivity index (χ1) is 17.1. The number of carbonyl (C=O) groups is 1. The molecule has 0 unspecified atom stereocenters. The summed E-state index contributed by atoms with van der Waals surface area (Å²) in [4.78, 5) is 15.5. The monoisotopic (exact) mass is 466 g/mol. The summed E-state index contributed by atoms with van der Waals surface area (Å²) in [5.41, 5.74) is 4.20. The van der Waals surface area contributed by atoms with Crippen molar-refractivity contribution in [1.82, 2.24) is 4.98 Å². The predicted octanol–water partition coefficient (Wildman–Crippen LogP) is 6.38. The Morgan fingerprint density at radius 3 is 2.49 bits per heavy atom. The highest BCUT2D eigenvalue weighted by molar-refractivity contribution is 6.07. The van der Waals surface area contributed by atoms with E-state index in [-0.39, 0.29) is 0 Å². The van der Waals surface area contributed by atoms with Gasteiger partial charge in [0.1, 0.15) is 28.7 Å². The first-order valence-electron chi connectivity index (χ1n) is 11.0. The zero-order valence-electron chi connectivity index (χ0n) is 18.9. The number of nitrogens with one attached hydrogen (secondary N) is 1. The largest absolute Gasteiger partial charge is 0.497 e. The van der Waals surface area contributed by atoms with E-state index in [1.807, 2.05) is 66.7 Å². The molecule has 174 valence electrons. The lowest BCUT2D eigenvalue weighted by molar-refractivity contribution is -0.139. The Morgan fingerprint density at radius 2 is 1.74 bits per heavy atom. The van der Waals surface area contributed by atoms with Gasteiger partial charge in [0.2, 0.25) is 0 Å². The van der Waals surface area contributed by atoms with Crippen LogP contribution in [-0.4, -0.2) is 29.8 Å². The topological polar surface area (TPSA) is 93.8 Å². The molecule has 0 atom stereocenters. The summed E-state index contributed by atoms with van der Waals surface area (Å²) in [5, 5.41) is 13.1. The lowest BCUT2D eigenvalue weighted by atomic mass is 9.98. The number of aliphatic carboxylic acids is 1. The highest BCUT2D eigenvalue weighted by atomic mass is 16.5. The van der Waals surface area contributed by atoms with E-state index in [9.17, 15) is 4.79 Å². The van der Waals surface area contributed by atoms with Crippen molar-refractivity contribution in [3.63, 3.8) is 0 Å². The molecule has 0 saturated heterocycles. The molecule has 0 aliphatic rings. The van der Waals surface area contributed by atoms with Crippen LogP contribution in [-0.2, 0) is 4.79 Å². The molecule has 0 saturated carbocycles. The molecule has 0 aliphatic carbocycles. The van der Waals surface area contributed by atoms with E-state index in [1.165, 1.54) is 0 Å². The number of aromatic nitrogens is 1. The van der Waals surface area contributed by atoms with E-state index in [0.29, 0.717) is 22.8 Å². The highest BCUT2D eigenvalue weighted by Gasteiger charge is 2.21. The number of hydrogen-bond donors (Lipinski definition) is 2. The van der Waals surface area contributed by atoms with E-state index in [0.717, 1.165) is 33.6 Å². The van der Waals surface area contributed by atoms with Crippen LogP contribution < -0.4 is 14.8 Å². The van der Waals surface area contributed by atoms with E-state index in [1.54, 1.807) is 31.5 Å². The first-order valence-corrected chi connectivity index (χ1v) is 11.0. The van der Waals surface area contributed by atoms with Crippen molar-refractivity contribution in [1.29, 1.82) is 0 Å². The molecule has 7 heteroatoms. The summed E-state index contributed by atoms with van der Waals surface area (Å²) in [7, 11) is 1.64. The normalized spacial score (nSPS) is 10.8. The van der Waals surface area contributed by atoms with Gasteiger partial charge in [-0.3, -0.25) is 0 Å². The predicted molar refractivity (Wildman–Crippen MR) is 134 cm³/mol. The molecule has 0 radical (unpaired) electrons. The molecule has 2 heterocycles. The van der Waals surface area contributed by atoms with Crippen molar-refractivity contribution in [2.75, 3.05) is 19.0 Å². The molecule has 0 aliphatic heterocycles. The Kier molecular flexibility index (Phi) is 6.05. The third kappa shape index (κ3) is 4.65. The van der Waals surface area contributed by atoms with Gasteiger partial charge in [0, 0.05) is 29.1 Å². The summed E-state index contributed by atoms with van der Waals surface area (Å²) in [6.45, 7) is -0.416. The Bertz CT molecular complexity index is 1480. The Hall–Kier alpha value is -4.78. The van der Waals surface area contributed by atoms with Crippen LogP contribution in [0.3, 0.4) is 0 Å². The second kappa shape index (κ2) is 9.61. The molecule has 7 nitrogen and oxygen atoms in total. The minimum atomic E-state index is -1.04. The summed E-state index contributed by atoms with van der Waals surface area (Å²) in [6.07, 6.45) is 1.69. The molecule has 0 spiro atoms. The van der Waals surface area contributed by atoms with Crippen molar-refractivity contribution < 1.29 is 23.8 Å². The van der Waals surface area contributed by atoms with Gasteiger partial charge < -0.3 is 24.3 Å². The van der Waals surface area contributed by atoms with Gasteiger partial charge in [-0.05, 0) is 35.9 Å². The first kappa shape index (κ1) is 22.0. The van der Waals surface area contributed by atoms with Crippen LogP contribution >= 0.6 is 0 Å². The number of benzene rings is 3. The van der Waals surface area contributed by atoms with Crippen LogP contribution in [0.25, 0.3) is 33.4 Å². The number of anilines is 2. The van der Waals surface area contributed by atoms with Crippen molar-refractivity contribution in [3.8, 4) is 33.9 Å². The van der Waals surface area contributed by atoms with Gasteiger partial charge in [0.25, 0.3) is 0 Å². The SMILES string of the molecule is COc1ccc(-c2c(-c3ccccc3)oc3ccnc(Nc4cccc(OCC(=O)O)c4)c23)cc1. The van der Waals surface area contributed by atoms with Crippen LogP contribution in [0.4, 0.5) is 11.5 Å². The van der Waals surface area contributed by atoms with Gasteiger partial charge in [0.15, 0.2) is 6.61 Å². The minimum Gasteiger partial charge on any atom is -0.497 e. The lowest BCUT2D eigenvalue weighted by Gasteiger charge is -2.11. The van der Waals surface area contributed by atoms with Crippen LogP contribution in [0, 0.1) is 0 Å². The van der Waals surface area contributed by atoms with Crippen LogP contribution in [0.5, 0.6) is 11.5 Å². The van der Waals surface area contributed by atoms with Gasteiger partial charge in [-0.2, -0.15) is 0 Å². The number of ether oxygens (including phenoxy) is 2. The van der Waals surface area contributed by atoms with Gasteiger partial charge in [-0.25, -0.2) is 9.78 Å². The Morgan fingerprint density at radius 1 is 0.943 bits per heavy atom. The summed E-state index contributed by atoms with van der Waals surface area (Å²) in [6, 6.07) is 26.7. The number of fused-ring (bicyclic) bond motifs is 1. The lowest BCUT2D eigenvalue weighted by Crippen LogP contribution is -2.09.